The highest BCUT2D eigenvalue weighted by atomic mass is 19.4. The summed E-state index contributed by atoms with van der Waals surface area (Å²) in [4.78, 5) is 22.0. The van der Waals surface area contributed by atoms with Crippen LogP contribution in [0.5, 0.6) is 0 Å². The third-order valence-electron chi connectivity index (χ3n) is 3.41. The predicted molar refractivity (Wildman–Crippen MR) is 82.5 cm³/mol. The molecule has 0 fully saturated rings. The summed E-state index contributed by atoms with van der Waals surface area (Å²) >= 11 is 0. The topological polar surface area (TPSA) is 84.7 Å². The number of fused-ring (bicyclic) bond motifs is 1. The molecule has 3 rings (SSSR count). The second kappa shape index (κ2) is 6.00. The molecule has 2 heterocycles. The molecule has 0 spiro atoms. The third-order valence-corrected chi connectivity index (χ3v) is 3.41. The summed E-state index contributed by atoms with van der Waals surface area (Å²) in [5, 5.41) is 0. The summed E-state index contributed by atoms with van der Waals surface area (Å²) in [5.41, 5.74) is 5.06. The average molecular weight is 350 g/mol. The van der Waals surface area contributed by atoms with Gasteiger partial charge in [0.05, 0.1) is 17.5 Å². The second-order valence-corrected chi connectivity index (χ2v) is 5.12. The van der Waals surface area contributed by atoms with E-state index in [0.717, 1.165) is 12.1 Å². The van der Waals surface area contributed by atoms with E-state index < -0.39 is 23.5 Å². The molecule has 0 aliphatic heterocycles. The normalized spacial score (nSPS) is 12.2. The molecular formula is C16H10F4N4O. The molecule has 25 heavy (non-hydrogen) atoms. The van der Waals surface area contributed by atoms with Crippen LogP contribution in [0.15, 0.2) is 36.7 Å². The van der Waals surface area contributed by atoms with Crippen molar-refractivity contribution in [2.45, 2.75) is 6.18 Å². The molecule has 9 heteroatoms. The maximum Gasteiger partial charge on any atom is 0.419 e. The molecule has 5 nitrogen and oxygen atoms in total. The molecule has 0 aliphatic carbocycles. The van der Waals surface area contributed by atoms with Crippen molar-refractivity contribution in [3.05, 3.63) is 53.6 Å². The van der Waals surface area contributed by atoms with Crippen LogP contribution in [0.4, 0.5) is 17.6 Å². The largest absolute Gasteiger partial charge is 0.419 e. The molecule has 0 saturated heterocycles. The Morgan fingerprint density at radius 2 is 2.04 bits per heavy atom. The Morgan fingerprint density at radius 1 is 1.28 bits per heavy atom. The van der Waals surface area contributed by atoms with Crippen LogP contribution in [-0.2, 0) is 11.0 Å². The molecule has 3 aromatic rings. The highest BCUT2D eigenvalue weighted by molar-refractivity contribution is 5.93. The average Bonchev–Trinajstić information content (AvgIpc) is 2.94. The maximum atomic E-state index is 13.4. The molecule has 0 saturated carbocycles. The first-order chi connectivity index (χ1) is 11.8. The number of aromatic nitrogens is 3. The van der Waals surface area contributed by atoms with Gasteiger partial charge in [-0.15, -0.1) is 0 Å². The summed E-state index contributed by atoms with van der Waals surface area (Å²) in [6.45, 7) is 0. The Hall–Kier alpha value is -3.23. The van der Waals surface area contributed by atoms with Crippen molar-refractivity contribution in [2.24, 2.45) is 5.73 Å². The molecule has 0 unspecified atom stereocenters. The zero-order valence-electron chi connectivity index (χ0n) is 12.4. The van der Waals surface area contributed by atoms with Crippen molar-refractivity contribution < 1.29 is 22.4 Å². The molecule has 1 amide bonds. The smallest absolute Gasteiger partial charge is 0.366 e. The Kier molecular flexibility index (Phi) is 3.99. The molecule has 0 atom stereocenters. The van der Waals surface area contributed by atoms with Gasteiger partial charge in [-0.3, -0.25) is 4.79 Å². The van der Waals surface area contributed by atoms with Crippen molar-refractivity contribution in [2.75, 3.05) is 0 Å². The first kappa shape index (κ1) is 16.6. The predicted octanol–water partition coefficient (Wildman–Crippen LogP) is 3.28. The highest BCUT2D eigenvalue weighted by Crippen LogP contribution is 2.34. The van der Waals surface area contributed by atoms with E-state index in [1.54, 1.807) is 0 Å². The number of primary amides is 1. The summed E-state index contributed by atoms with van der Waals surface area (Å²) in [6, 6.07) is 2.60. The number of rotatable bonds is 3. The van der Waals surface area contributed by atoms with E-state index in [0.29, 0.717) is 22.8 Å². The van der Waals surface area contributed by atoms with Crippen molar-refractivity contribution in [3.63, 3.8) is 0 Å². The summed E-state index contributed by atoms with van der Waals surface area (Å²) in [7, 11) is 0. The van der Waals surface area contributed by atoms with Crippen molar-refractivity contribution in [1.82, 2.24) is 15.0 Å². The summed E-state index contributed by atoms with van der Waals surface area (Å²) in [5.74, 6) is -2.02. The van der Waals surface area contributed by atoms with E-state index in [1.807, 2.05) is 0 Å². The van der Waals surface area contributed by atoms with Crippen LogP contribution in [0.1, 0.15) is 11.1 Å². The van der Waals surface area contributed by atoms with E-state index in [-0.39, 0.29) is 11.3 Å². The highest BCUT2D eigenvalue weighted by Gasteiger charge is 2.34. The van der Waals surface area contributed by atoms with E-state index in [4.69, 9.17) is 5.73 Å². The van der Waals surface area contributed by atoms with E-state index in [9.17, 15) is 22.4 Å². The number of carbonyl (C=O) groups is 1. The zero-order valence-corrected chi connectivity index (χ0v) is 12.4. The Labute approximate surface area is 138 Å². The minimum absolute atomic E-state index is 0.0640. The number of alkyl halides is 3. The molecule has 3 N–H and O–H groups in total. The number of H-pyrrole nitrogens is 1. The quantitative estimate of drug-likeness (QED) is 0.562. The lowest BCUT2D eigenvalue weighted by Gasteiger charge is -2.09. The number of hydrogen-bond donors (Lipinski definition) is 2. The lowest BCUT2D eigenvalue weighted by atomic mass is 10.1. The Bertz CT molecular complexity index is 991. The van der Waals surface area contributed by atoms with Gasteiger partial charge in [0.25, 0.3) is 0 Å². The minimum atomic E-state index is -4.82. The number of halogens is 4. The van der Waals surface area contributed by atoms with Gasteiger partial charge in [0.2, 0.25) is 5.91 Å². The fourth-order valence-electron chi connectivity index (χ4n) is 2.25. The Balaban J connectivity index is 2.11. The third kappa shape index (κ3) is 3.35. The summed E-state index contributed by atoms with van der Waals surface area (Å²) in [6.07, 6.45) is 0.511. The number of nitrogens with two attached hydrogens (primary N) is 1. The maximum absolute atomic E-state index is 13.4. The van der Waals surface area contributed by atoms with Gasteiger partial charge in [-0.05, 0) is 24.3 Å². The van der Waals surface area contributed by atoms with Gasteiger partial charge in [-0.25, -0.2) is 14.4 Å². The number of nitrogens with one attached hydrogen (secondary N) is 1. The lowest BCUT2D eigenvalue weighted by Crippen LogP contribution is -2.08. The molecule has 2 aromatic heterocycles. The van der Waals surface area contributed by atoms with Gasteiger partial charge in [0, 0.05) is 23.4 Å². The monoisotopic (exact) mass is 350 g/mol. The molecule has 0 aliphatic rings. The van der Waals surface area contributed by atoms with Crippen molar-refractivity contribution in [1.29, 1.82) is 0 Å². The van der Waals surface area contributed by atoms with Gasteiger partial charge in [-0.2, -0.15) is 13.2 Å². The number of amides is 1. The molecule has 128 valence electrons. The lowest BCUT2D eigenvalue weighted by molar-refractivity contribution is -0.139. The molecule has 0 bridgehead atoms. The number of aromatic amines is 1. The van der Waals surface area contributed by atoms with E-state index in [1.165, 1.54) is 24.5 Å². The van der Waals surface area contributed by atoms with Gasteiger partial charge in [-0.1, -0.05) is 0 Å². The van der Waals surface area contributed by atoms with Crippen LogP contribution >= 0.6 is 0 Å². The van der Waals surface area contributed by atoms with Crippen LogP contribution in [0.25, 0.3) is 28.5 Å². The van der Waals surface area contributed by atoms with Crippen LogP contribution < -0.4 is 5.73 Å². The second-order valence-electron chi connectivity index (χ2n) is 5.12. The van der Waals surface area contributed by atoms with E-state index >= 15 is 0 Å². The fourth-order valence-corrected chi connectivity index (χ4v) is 2.25. The Morgan fingerprint density at radius 3 is 2.72 bits per heavy atom. The summed E-state index contributed by atoms with van der Waals surface area (Å²) < 4.78 is 52.0. The number of nitrogens with zero attached hydrogens (tertiary/aromatic N) is 2. The first-order valence-corrected chi connectivity index (χ1v) is 6.94. The molecule has 0 radical (unpaired) electrons. The zero-order chi connectivity index (χ0) is 18.2. The van der Waals surface area contributed by atoms with E-state index in [2.05, 4.69) is 15.0 Å². The van der Waals surface area contributed by atoms with Crippen LogP contribution in [0.2, 0.25) is 0 Å². The van der Waals surface area contributed by atoms with Crippen molar-refractivity contribution >= 4 is 23.1 Å². The van der Waals surface area contributed by atoms with Crippen LogP contribution in [0.3, 0.4) is 0 Å². The molecule has 1 aromatic carbocycles. The van der Waals surface area contributed by atoms with Gasteiger partial charge >= 0.3 is 6.18 Å². The fraction of sp³-hybridized carbons (Fsp3) is 0.0625. The van der Waals surface area contributed by atoms with Gasteiger partial charge < -0.3 is 10.7 Å². The van der Waals surface area contributed by atoms with Gasteiger partial charge in [0.15, 0.2) is 5.65 Å². The number of carbonyl (C=O) groups excluding carboxylic acids is 1. The number of hydrogen-bond acceptors (Lipinski definition) is 3. The van der Waals surface area contributed by atoms with Crippen LogP contribution in [0, 0.1) is 5.82 Å². The minimum Gasteiger partial charge on any atom is -0.366 e. The SMILES string of the molecule is NC(=O)C=Cc1c[nH]c2ncc(-c3ccc(F)c(C(F)(F)F)c3)nc12. The van der Waals surface area contributed by atoms with Gasteiger partial charge in [0.1, 0.15) is 11.3 Å². The first-order valence-electron chi connectivity index (χ1n) is 6.94. The molecular weight excluding hydrogens is 340 g/mol. The van der Waals surface area contributed by atoms with Crippen molar-refractivity contribution in [3.8, 4) is 11.3 Å². The number of benzene rings is 1. The van der Waals surface area contributed by atoms with Crippen LogP contribution in [-0.4, -0.2) is 20.9 Å². The standard InChI is InChI=1S/C16H10F4N4O/c17-11-3-1-8(5-10(11)16(18,19)20)12-7-23-15-14(24-12)9(6-22-15)2-4-13(21)25/h1-7H,(H2,21,25)(H,22,23).